The summed E-state index contributed by atoms with van der Waals surface area (Å²) < 4.78 is 5.18. The topological polar surface area (TPSA) is 0 Å². The van der Waals surface area contributed by atoms with Crippen LogP contribution in [0.1, 0.15) is 92.2 Å². The first-order chi connectivity index (χ1) is 22.8. The molecule has 0 N–H and O–H groups in total. The second kappa shape index (κ2) is 13.7. The normalized spacial score (nSPS) is 25.5. The molecule has 0 aromatic heterocycles. The summed E-state index contributed by atoms with van der Waals surface area (Å²) in [5, 5.41) is 0. The van der Waals surface area contributed by atoms with Gasteiger partial charge in [-0.25, -0.2) is 0 Å². The number of benzene rings is 4. The smallest absolute Gasteiger partial charge is 1.00 e. The van der Waals surface area contributed by atoms with Crippen LogP contribution in [0, 0.1) is 42.9 Å². The summed E-state index contributed by atoms with van der Waals surface area (Å²) in [6.45, 7) is 9.54. The van der Waals surface area contributed by atoms with Crippen molar-refractivity contribution in [1.29, 1.82) is 0 Å². The summed E-state index contributed by atoms with van der Waals surface area (Å²) in [6.07, 6.45) is 14.2. The van der Waals surface area contributed by atoms with Crippen molar-refractivity contribution in [3.05, 3.63) is 145 Å². The second-order valence-electron chi connectivity index (χ2n) is 16.3. The zero-order chi connectivity index (χ0) is 31.9. The molecule has 49 heavy (non-hydrogen) atoms. The van der Waals surface area contributed by atoms with Gasteiger partial charge in [0.1, 0.15) is 0 Å². The maximum absolute atomic E-state index is 2.80. The van der Waals surface area contributed by atoms with Gasteiger partial charge in [-0.15, -0.1) is 0 Å². The van der Waals surface area contributed by atoms with E-state index in [4.69, 9.17) is 0 Å². The number of halogens is 2. The van der Waals surface area contributed by atoms with Crippen LogP contribution in [-0.2, 0) is 27.7 Å². The first-order valence-corrected chi connectivity index (χ1v) is 22.0. The Morgan fingerprint density at radius 2 is 1.22 bits per heavy atom. The van der Waals surface area contributed by atoms with E-state index in [9.17, 15) is 0 Å². The zero-order valence-electron chi connectivity index (χ0n) is 29.5. The molecule has 4 fully saturated rings. The summed E-state index contributed by atoms with van der Waals surface area (Å²) in [5.74, 6) is 3.52. The summed E-state index contributed by atoms with van der Waals surface area (Å²) in [5.41, 5.74) is 15.5. The molecule has 0 radical (unpaired) electrons. The molecule has 4 bridgehead atoms. The van der Waals surface area contributed by atoms with Crippen molar-refractivity contribution >= 4 is 6.48 Å². The van der Waals surface area contributed by atoms with E-state index in [2.05, 4.69) is 125 Å². The molecule has 3 heteroatoms. The minimum Gasteiger partial charge on any atom is -1.00 e. The molecule has 0 heterocycles. The molecular formula is C46H48Cl2Zr. The fraction of sp³-hybridized carbons (Fsp3) is 0.370. The SMILES string of the molecule is CC1=[C]([Zr+2](=[C](c2ccc(C)cc2)c2ccc(C)cc2)[c]2cccc3c2Cc2ccccc2-3)C(C)C=C1CC12CC3CC(CC(C3)C1)C2.[Cl-].[Cl-]. The number of fused-ring (bicyclic) bond motifs is 3. The van der Waals surface area contributed by atoms with Gasteiger partial charge in [0.25, 0.3) is 0 Å². The van der Waals surface area contributed by atoms with Crippen LogP contribution in [0.25, 0.3) is 11.1 Å². The molecule has 4 aromatic carbocycles. The van der Waals surface area contributed by atoms with Crippen LogP contribution >= 0.6 is 0 Å². The van der Waals surface area contributed by atoms with E-state index in [1.54, 1.807) is 23.2 Å². The van der Waals surface area contributed by atoms with Gasteiger partial charge in [-0.1, -0.05) is 0 Å². The predicted octanol–water partition coefficient (Wildman–Crippen LogP) is 4.85. The third-order valence-electron chi connectivity index (χ3n) is 12.8. The summed E-state index contributed by atoms with van der Waals surface area (Å²) in [7, 11) is 0. The molecule has 0 amide bonds. The molecule has 1 atom stereocenters. The van der Waals surface area contributed by atoms with Crippen LogP contribution in [0.2, 0.25) is 0 Å². The van der Waals surface area contributed by atoms with Crippen LogP contribution in [0.15, 0.2) is 111 Å². The van der Waals surface area contributed by atoms with Gasteiger partial charge < -0.3 is 24.8 Å². The standard InChI is InChI=1S/C18H25.C15H14.C13H9.2ClH.Zr/c1-12-3-13(2)17(4-12)11-18-8-14-5-15(9-18)7-16(6-14)10-18;1-12-3-7-14(8-4-12)11-15-9-5-13(2)6-10-15;1-3-7-12-10(5-1)9-11-6-2-4-8-13(11)12;;;/h4,12,14-16H,5-11H2,1-2H3;3-10H,1-2H3;1-5,7-8H,9H2;2*1H;/q;;;;;+2/p-2. The Labute approximate surface area is 314 Å². The molecule has 0 saturated heterocycles. The Hall–Kier alpha value is -2.31. The Balaban J connectivity index is 0.00000189. The average molecular weight is 763 g/mol. The largest absolute Gasteiger partial charge is 1.00 e. The van der Waals surface area contributed by atoms with E-state index in [1.165, 1.54) is 83.9 Å². The van der Waals surface area contributed by atoms with Gasteiger partial charge in [0, 0.05) is 0 Å². The van der Waals surface area contributed by atoms with Gasteiger partial charge in [0.2, 0.25) is 0 Å². The van der Waals surface area contributed by atoms with Gasteiger partial charge in [-0.3, -0.25) is 0 Å². The molecule has 0 spiro atoms. The fourth-order valence-electron chi connectivity index (χ4n) is 11.2. The third kappa shape index (κ3) is 6.19. The molecule has 250 valence electrons. The van der Waals surface area contributed by atoms with Gasteiger partial charge in [-0.2, -0.15) is 0 Å². The molecular weight excluding hydrogens is 715 g/mol. The maximum atomic E-state index is 2.75. The quantitative estimate of drug-likeness (QED) is 0.232. The van der Waals surface area contributed by atoms with Crippen molar-refractivity contribution < 1.29 is 46.1 Å². The van der Waals surface area contributed by atoms with Crippen molar-refractivity contribution in [2.45, 2.75) is 79.1 Å². The summed E-state index contributed by atoms with van der Waals surface area (Å²) in [6, 6.07) is 35.6. The Bertz CT molecular complexity index is 1910. The predicted molar refractivity (Wildman–Crippen MR) is 195 cm³/mol. The molecule has 0 aliphatic heterocycles. The van der Waals surface area contributed by atoms with Crippen LogP contribution in [-0.4, -0.2) is 3.21 Å². The molecule has 6 aliphatic carbocycles. The minimum atomic E-state index is -2.80. The van der Waals surface area contributed by atoms with Crippen molar-refractivity contribution in [1.82, 2.24) is 0 Å². The number of hydrogen-bond donors (Lipinski definition) is 0. The zero-order valence-corrected chi connectivity index (χ0v) is 33.4. The number of allylic oxidation sites excluding steroid dienone is 4. The summed E-state index contributed by atoms with van der Waals surface area (Å²) in [4.78, 5) is 0. The Kier molecular flexibility index (Phi) is 9.80. The van der Waals surface area contributed by atoms with Gasteiger partial charge in [-0.05, 0) is 0 Å². The number of aryl methyl sites for hydroxylation is 2. The Morgan fingerprint density at radius 1 is 0.673 bits per heavy atom. The van der Waals surface area contributed by atoms with E-state index in [0.29, 0.717) is 11.3 Å². The third-order valence-corrected chi connectivity index (χ3v) is 21.3. The van der Waals surface area contributed by atoms with E-state index in [-0.39, 0.29) is 24.8 Å². The van der Waals surface area contributed by atoms with Crippen molar-refractivity contribution in [3.63, 3.8) is 0 Å². The fourth-order valence-corrected chi connectivity index (χ4v) is 20.1. The Morgan fingerprint density at radius 3 is 1.82 bits per heavy atom. The summed E-state index contributed by atoms with van der Waals surface area (Å²) >= 11 is -2.80. The second-order valence-corrected chi connectivity index (χ2v) is 22.0. The monoisotopic (exact) mass is 760 g/mol. The van der Waals surface area contributed by atoms with Gasteiger partial charge >= 0.3 is 292 Å². The van der Waals surface area contributed by atoms with E-state index in [1.807, 2.05) is 3.28 Å². The molecule has 4 aromatic rings. The first-order valence-electron chi connectivity index (χ1n) is 18.4. The maximum Gasteiger partial charge on any atom is -1.00 e. The van der Waals surface area contributed by atoms with E-state index in [0.717, 1.165) is 24.2 Å². The number of hydrogen-bond acceptors (Lipinski definition) is 0. The van der Waals surface area contributed by atoms with Crippen molar-refractivity contribution in [3.8, 4) is 11.1 Å². The number of rotatable bonds is 6. The first kappa shape index (κ1) is 35.1. The van der Waals surface area contributed by atoms with Crippen LogP contribution < -0.4 is 28.1 Å². The molecule has 1 unspecified atom stereocenters. The molecule has 6 aliphatic rings. The van der Waals surface area contributed by atoms with E-state index < -0.39 is 21.3 Å². The molecule has 10 rings (SSSR count). The van der Waals surface area contributed by atoms with Crippen molar-refractivity contribution in [2.24, 2.45) is 29.1 Å². The van der Waals surface area contributed by atoms with Crippen molar-refractivity contribution in [2.75, 3.05) is 0 Å². The van der Waals surface area contributed by atoms with Gasteiger partial charge in [0.05, 0.1) is 0 Å². The van der Waals surface area contributed by atoms with Crippen LogP contribution in [0.4, 0.5) is 0 Å². The van der Waals surface area contributed by atoms with Crippen LogP contribution in [0.3, 0.4) is 0 Å². The minimum absolute atomic E-state index is 0. The average Bonchev–Trinajstić information content (AvgIpc) is 3.56. The van der Waals surface area contributed by atoms with Crippen LogP contribution in [0.5, 0.6) is 0 Å². The molecule has 0 nitrogen and oxygen atoms in total. The van der Waals surface area contributed by atoms with Gasteiger partial charge in [0.15, 0.2) is 0 Å². The molecule has 4 saturated carbocycles. The van der Waals surface area contributed by atoms with E-state index >= 15 is 0 Å².